The van der Waals surface area contributed by atoms with Gasteiger partial charge in [-0.15, -0.1) is 0 Å². The second-order valence-corrected chi connectivity index (χ2v) is 7.31. The highest BCUT2D eigenvalue weighted by Gasteiger charge is 2.52. The first kappa shape index (κ1) is 18.5. The Hall–Kier alpha value is -1.87. The predicted molar refractivity (Wildman–Crippen MR) is 98.8 cm³/mol. The van der Waals surface area contributed by atoms with Gasteiger partial charge in [0.15, 0.2) is 6.29 Å². The van der Waals surface area contributed by atoms with Crippen LogP contribution in [0.3, 0.4) is 0 Å². The molecule has 8 nitrogen and oxygen atoms in total. The highest BCUT2D eigenvalue weighted by Crippen LogP contribution is 2.32. The number of aliphatic hydroxyl groups is 1. The van der Waals surface area contributed by atoms with Crippen LogP contribution in [-0.4, -0.2) is 73.4 Å². The summed E-state index contributed by atoms with van der Waals surface area (Å²) in [7, 11) is 1.59. The van der Waals surface area contributed by atoms with Gasteiger partial charge in [-0.25, -0.2) is 4.79 Å². The number of anilines is 1. The highest BCUT2D eigenvalue weighted by atomic mass is 16.7. The molecular formula is C19H27N3O5. The Morgan fingerprint density at radius 2 is 1.96 bits per heavy atom. The average molecular weight is 377 g/mol. The number of fused-ring (bicyclic) bond motifs is 2. The number of nitrogens with one attached hydrogen (secondary N) is 2. The number of aliphatic hydroxyl groups excluding tert-OH is 1. The van der Waals surface area contributed by atoms with Crippen LogP contribution in [0.15, 0.2) is 24.3 Å². The molecule has 8 heteroatoms. The Morgan fingerprint density at radius 3 is 2.67 bits per heavy atom. The van der Waals surface area contributed by atoms with Gasteiger partial charge < -0.3 is 30.0 Å². The summed E-state index contributed by atoms with van der Waals surface area (Å²) in [5, 5.41) is 16.7. The van der Waals surface area contributed by atoms with Gasteiger partial charge >= 0.3 is 6.03 Å². The van der Waals surface area contributed by atoms with Crippen molar-refractivity contribution in [1.82, 2.24) is 10.2 Å². The number of piperidine rings is 1. The Kier molecular flexibility index (Phi) is 5.49. The van der Waals surface area contributed by atoms with E-state index in [1.807, 2.05) is 0 Å². The quantitative estimate of drug-likeness (QED) is 0.729. The zero-order valence-corrected chi connectivity index (χ0v) is 15.5. The molecule has 3 saturated heterocycles. The lowest BCUT2D eigenvalue weighted by Gasteiger charge is -2.45. The van der Waals surface area contributed by atoms with Crippen molar-refractivity contribution in [3.8, 4) is 5.75 Å². The van der Waals surface area contributed by atoms with Crippen LogP contribution in [-0.2, 0) is 9.47 Å². The summed E-state index contributed by atoms with van der Waals surface area (Å²) in [6.07, 6.45) is 1.92. The van der Waals surface area contributed by atoms with Crippen LogP contribution in [0.4, 0.5) is 10.5 Å². The molecule has 4 rings (SSSR count). The first-order valence-electron chi connectivity index (χ1n) is 9.56. The summed E-state index contributed by atoms with van der Waals surface area (Å²) >= 11 is 0. The molecule has 3 heterocycles. The first-order chi connectivity index (χ1) is 13.2. The third-order valence-electron chi connectivity index (χ3n) is 5.59. The molecule has 1 aromatic rings. The van der Waals surface area contributed by atoms with Gasteiger partial charge in [-0.1, -0.05) is 6.42 Å². The molecule has 148 valence electrons. The third kappa shape index (κ3) is 3.89. The molecule has 2 bridgehead atoms. The molecule has 0 aliphatic carbocycles. The van der Waals surface area contributed by atoms with E-state index in [2.05, 4.69) is 15.5 Å². The number of benzene rings is 1. The van der Waals surface area contributed by atoms with Crippen LogP contribution < -0.4 is 15.4 Å². The summed E-state index contributed by atoms with van der Waals surface area (Å²) in [4.78, 5) is 14.7. The van der Waals surface area contributed by atoms with Gasteiger partial charge in [-0.3, -0.25) is 4.90 Å². The van der Waals surface area contributed by atoms with Crippen molar-refractivity contribution in [2.24, 2.45) is 0 Å². The van der Waals surface area contributed by atoms with E-state index in [0.717, 1.165) is 31.7 Å². The number of hydrogen-bond acceptors (Lipinski definition) is 6. The van der Waals surface area contributed by atoms with Crippen LogP contribution in [0.25, 0.3) is 0 Å². The maximum Gasteiger partial charge on any atom is 0.319 e. The maximum absolute atomic E-state index is 12.5. The van der Waals surface area contributed by atoms with Crippen molar-refractivity contribution in [1.29, 1.82) is 0 Å². The minimum Gasteiger partial charge on any atom is -0.497 e. The molecule has 0 unspecified atom stereocenters. The van der Waals surface area contributed by atoms with Gasteiger partial charge in [0.05, 0.1) is 31.9 Å². The Labute approximate surface area is 158 Å². The number of methoxy groups -OCH3 is 1. The Morgan fingerprint density at radius 1 is 1.22 bits per heavy atom. The van der Waals surface area contributed by atoms with Crippen molar-refractivity contribution in [3.63, 3.8) is 0 Å². The summed E-state index contributed by atoms with van der Waals surface area (Å²) in [5.41, 5.74) is 0.646. The number of carbonyl (C=O) groups is 1. The average Bonchev–Trinajstić information content (AvgIpc) is 3.12. The maximum atomic E-state index is 12.5. The largest absolute Gasteiger partial charge is 0.497 e. The molecule has 0 aromatic heterocycles. The van der Waals surface area contributed by atoms with Crippen molar-refractivity contribution in [2.45, 2.75) is 49.8 Å². The van der Waals surface area contributed by atoms with E-state index >= 15 is 0 Å². The topological polar surface area (TPSA) is 92.3 Å². The number of likely N-dealkylation sites (tertiary alicyclic amines) is 1. The van der Waals surface area contributed by atoms with E-state index in [4.69, 9.17) is 14.2 Å². The van der Waals surface area contributed by atoms with Crippen molar-refractivity contribution >= 4 is 11.7 Å². The van der Waals surface area contributed by atoms with E-state index in [0.29, 0.717) is 12.3 Å². The normalized spacial score (nSPS) is 33.5. The molecule has 27 heavy (non-hydrogen) atoms. The second kappa shape index (κ2) is 8.02. The molecule has 0 saturated carbocycles. The van der Waals surface area contributed by atoms with Crippen LogP contribution >= 0.6 is 0 Å². The fourth-order valence-electron chi connectivity index (χ4n) is 4.18. The summed E-state index contributed by atoms with van der Waals surface area (Å²) < 4.78 is 16.8. The van der Waals surface area contributed by atoms with Gasteiger partial charge in [-0.05, 0) is 50.2 Å². The van der Waals surface area contributed by atoms with Crippen molar-refractivity contribution < 1.29 is 24.1 Å². The summed E-state index contributed by atoms with van der Waals surface area (Å²) in [6, 6.07) is 5.92. The fourth-order valence-corrected chi connectivity index (χ4v) is 4.18. The lowest BCUT2D eigenvalue weighted by molar-refractivity contribution is -0.183. The van der Waals surface area contributed by atoms with Crippen LogP contribution in [0.5, 0.6) is 5.75 Å². The first-order valence-corrected chi connectivity index (χ1v) is 9.56. The number of rotatable bonds is 4. The van der Waals surface area contributed by atoms with Crippen molar-refractivity contribution in [3.05, 3.63) is 24.3 Å². The van der Waals surface area contributed by atoms with Crippen molar-refractivity contribution in [2.75, 3.05) is 32.1 Å². The molecule has 1 aromatic carbocycles. The smallest absolute Gasteiger partial charge is 0.319 e. The standard InChI is InChI=1S/C19H27N3O5/c1-25-13-7-5-12(6-8-13)20-19(24)21-15-14-11-26-18(27-14)16(17(15)23)22-9-3-2-4-10-22/h5-8,14-18,23H,2-4,9-11H2,1H3,(H2,20,21,24)/t14-,15-,16+,17-,18+/m0/s1. The van der Waals surface area contributed by atoms with E-state index in [-0.39, 0.29) is 18.2 Å². The van der Waals surface area contributed by atoms with E-state index in [9.17, 15) is 9.90 Å². The molecule has 5 atom stereocenters. The number of hydrogen-bond donors (Lipinski definition) is 3. The fraction of sp³-hybridized carbons (Fsp3) is 0.632. The van der Waals surface area contributed by atoms with Gasteiger partial charge in [0.25, 0.3) is 0 Å². The highest BCUT2D eigenvalue weighted by molar-refractivity contribution is 5.89. The molecule has 3 aliphatic heterocycles. The monoisotopic (exact) mass is 377 g/mol. The van der Waals surface area contributed by atoms with Gasteiger partial charge in [0.2, 0.25) is 0 Å². The number of amides is 2. The molecule has 0 radical (unpaired) electrons. The molecule has 0 spiro atoms. The Balaban J connectivity index is 1.41. The summed E-state index contributed by atoms with van der Waals surface area (Å²) in [6.45, 7) is 2.21. The number of urea groups is 1. The molecule has 2 amide bonds. The number of carbonyl (C=O) groups excluding carboxylic acids is 1. The zero-order chi connectivity index (χ0) is 18.8. The predicted octanol–water partition coefficient (Wildman–Crippen LogP) is 1.16. The lowest BCUT2D eigenvalue weighted by Crippen LogP contribution is -2.66. The van der Waals surface area contributed by atoms with Gasteiger partial charge in [0.1, 0.15) is 11.9 Å². The zero-order valence-electron chi connectivity index (χ0n) is 15.5. The van der Waals surface area contributed by atoms with Crippen LogP contribution in [0.1, 0.15) is 19.3 Å². The van der Waals surface area contributed by atoms with Gasteiger partial charge in [0, 0.05) is 5.69 Å². The van der Waals surface area contributed by atoms with E-state index < -0.39 is 18.4 Å². The minimum atomic E-state index is -0.740. The molecule has 3 fully saturated rings. The molecule has 3 aliphatic rings. The third-order valence-corrected chi connectivity index (χ3v) is 5.59. The second-order valence-electron chi connectivity index (χ2n) is 7.31. The number of nitrogens with zero attached hydrogens (tertiary/aromatic N) is 1. The number of ether oxygens (including phenoxy) is 3. The lowest BCUT2D eigenvalue weighted by atomic mass is 9.93. The van der Waals surface area contributed by atoms with E-state index in [1.54, 1.807) is 31.4 Å². The minimum absolute atomic E-state index is 0.254. The van der Waals surface area contributed by atoms with Gasteiger partial charge in [-0.2, -0.15) is 0 Å². The molecule has 3 N–H and O–H groups in total. The Bertz CT molecular complexity index is 649. The SMILES string of the molecule is COc1ccc(NC(=O)N[C@@H]2[C@H](O)[C@@H](N3CCCCC3)[C@@H]3OC[C@@H]2O3)cc1. The van der Waals surface area contributed by atoms with Crippen LogP contribution in [0.2, 0.25) is 0 Å². The molecular weight excluding hydrogens is 350 g/mol. The van der Waals surface area contributed by atoms with E-state index in [1.165, 1.54) is 6.42 Å². The van der Waals surface area contributed by atoms with Crippen LogP contribution in [0, 0.1) is 0 Å². The summed E-state index contributed by atoms with van der Waals surface area (Å²) in [5.74, 6) is 0.718.